The Balaban J connectivity index is 1.98. The molecule has 0 radical (unpaired) electrons. The third-order valence-corrected chi connectivity index (χ3v) is 2.80. The maximum absolute atomic E-state index is 10.7. The second-order valence-electron chi connectivity index (χ2n) is 3.54. The molecule has 1 aliphatic carbocycles. The first kappa shape index (κ1) is 7.41. The predicted molar refractivity (Wildman–Crippen MR) is 41.8 cm³/mol. The molecule has 0 aromatic rings. The highest BCUT2D eigenvalue weighted by atomic mass is 16.1. The highest BCUT2D eigenvalue weighted by Gasteiger charge is 2.52. The van der Waals surface area contributed by atoms with Crippen molar-refractivity contribution in [3.63, 3.8) is 0 Å². The van der Waals surface area contributed by atoms with Crippen LogP contribution in [0.25, 0.3) is 0 Å². The number of carbonyl (C=O) groups excluding carboxylic acids is 1. The first-order chi connectivity index (χ1) is 5.72. The molecule has 3 fully saturated rings. The van der Waals surface area contributed by atoms with E-state index < -0.39 is 0 Å². The smallest absolute Gasteiger partial charge is 0.217 e. The molecule has 1 N–H and O–H groups in total. The monoisotopic (exact) mass is 165 g/mol. The Morgan fingerprint density at radius 2 is 2.50 bits per heavy atom. The molecule has 2 bridgehead atoms. The first-order valence-electron chi connectivity index (χ1n) is 4.16. The van der Waals surface area contributed by atoms with Gasteiger partial charge in [-0.15, -0.1) is 0 Å². The molecule has 64 valence electrons. The van der Waals surface area contributed by atoms with E-state index in [1.54, 1.807) is 4.90 Å². The van der Waals surface area contributed by atoms with Crippen LogP contribution in [0.2, 0.25) is 0 Å². The molecule has 0 spiro atoms. The van der Waals surface area contributed by atoms with Crippen LogP contribution in [0, 0.1) is 17.4 Å². The van der Waals surface area contributed by atoms with Gasteiger partial charge in [-0.25, -0.2) is 0 Å². The van der Waals surface area contributed by atoms with Gasteiger partial charge in [-0.05, 0) is 6.42 Å². The van der Waals surface area contributed by atoms with Gasteiger partial charge in [0.25, 0.3) is 0 Å². The van der Waals surface area contributed by atoms with Gasteiger partial charge < -0.3 is 10.2 Å². The van der Waals surface area contributed by atoms with Gasteiger partial charge in [0, 0.05) is 19.4 Å². The maximum Gasteiger partial charge on any atom is 0.217 e. The van der Waals surface area contributed by atoms with E-state index in [0.29, 0.717) is 5.92 Å². The quantitative estimate of drug-likeness (QED) is 0.541. The van der Waals surface area contributed by atoms with Crippen molar-refractivity contribution < 1.29 is 4.79 Å². The second kappa shape index (κ2) is 2.37. The number of nitriles is 1. The van der Waals surface area contributed by atoms with Gasteiger partial charge in [0.1, 0.15) is 0 Å². The number of fused-ring (bicyclic) bond motifs is 1. The molecule has 3 rings (SSSR count). The minimum absolute atomic E-state index is 0.00879. The number of nitrogens with zero attached hydrogens (tertiary/aromatic N) is 2. The molecular formula is C8H11N3O. The van der Waals surface area contributed by atoms with Gasteiger partial charge in [0.05, 0.1) is 12.1 Å². The minimum Gasteiger partial charge on any atom is -0.351 e. The Hall–Kier alpha value is -1.24. The summed E-state index contributed by atoms with van der Waals surface area (Å²) in [7, 11) is 0. The van der Waals surface area contributed by atoms with Crippen molar-refractivity contribution in [1.82, 2.24) is 10.2 Å². The molecule has 0 aromatic heterocycles. The highest BCUT2D eigenvalue weighted by molar-refractivity contribution is 5.73. The van der Waals surface area contributed by atoms with Gasteiger partial charge in [0.15, 0.2) is 6.19 Å². The maximum atomic E-state index is 10.7. The molecule has 3 atom stereocenters. The fourth-order valence-electron chi connectivity index (χ4n) is 2.18. The molecule has 4 heteroatoms. The number of hydrogen-bond donors (Lipinski definition) is 1. The summed E-state index contributed by atoms with van der Waals surface area (Å²) in [6.45, 7) is 2.35. The van der Waals surface area contributed by atoms with Crippen LogP contribution in [-0.4, -0.2) is 29.4 Å². The molecule has 2 aliphatic heterocycles. The standard InChI is InChI=1S/C8H11N3O/c1-5(12)10-8-6-2-7(8)11(3-6)4-9/h6-8H,2-3H2,1H3,(H,10,12). The van der Waals surface area contributed by atoms with Crippen molar-refractivity contribution in [2.75, 3.05) is 6.54 Å². The normalized spacial score (nSPS) is 37.0. The van der Waals surface area contributed by atoms with Crippen molar-refractivity contribution >= 4 is 5.91 Å². The van der Waals surface area contributed by atoms with E-state index in [1.165, 1.54) is 6.92 Å². The van der Waals surface area contributed by atoms with Gasteiger partial charge in [-0.3, -0.25) is 4.79 Å². The van der Waals surface area contributed by atoms with Crippen LogP contribution in [0.4, 0.5) is 0 Å². The topological polar surface area (TPSA) is 56.1 Å². The van der Waals surface area contributed by atoms with Crippen LogP contribution in [0.1, 0.15) is 13.3 Å². The third-order valence-electron chi connectivity index (χ3n) is 2.80. The number of carbonyl (C=O) groups is 1. The number of hydrogen-bond acceptors (Lipinski definition) is 3. The molecule has 3 unspecified atom stereocenters. The van der Waals surface area contributed by atoms with Crippen LogP contribution in [0.5, 0.6) is 0 Å². The summed E-state index contributed by atoms with van der Waals surface area (Å²) in [6.07, 6.45) is 3.21. The first-order valence-corrected chi connectivity index (χ1v) is 4.16. The summed E-state index contributed by atoms with van der Waals surface area (Å²) in [5.74, 6) is 0.521. The lowest BCUT2D eigenvalue weighted by molar-refractivity contribution is -0.120. The molecule has 2 saturated heterocycles. The molecule has 4 nitrogen and oxygen atoms in total. The van der Waals surface area contributed by atoms with Crippen LogP contribution < -0.4 is 5.32 Å². The Morgan fingerprint density at radius 1 is 1.75 bits per heavy atom. The van der Waals surface area contributed by atoms with E-state index in [4.69, 9.17) is 5.26 Å². The lowest BCUT2D eigenvalue weighted by atomic mass is 9.80. The van der Waals surface area contributed by atoms with Gasteiger partial charge >= 0.3 is 0 Å². The lowest BCUT2D eigenvalue weighted by Gasteiger charge is -2.35. The average Bonchev–Trinajstić information content (AvgIpc) is 2.55. The summed E-state index contributed by atoms with van der Waals surface area (Å²) in [4.78, 5) is 12.5. The predicted octanol–water partition coefficient (Wildman–Crippen LogP) is -0.324. The molecular weight excluding hydrogens is 154 g/mol. The molecule has 3 aliphatic rings. The van der Waals surface area contributed by atoms with E-state index in [-0.39, 0.29) is 18.0 Å². The molecule has 1 saturated carbocycles. The average molecular weight is 165 g/mol. The number of rotatable bonds is 1. The van der Waals surface area contributed by atoms with E-state index >= 15 is 0 Å². The number of amides is 1. The zero-order valence-corrected chi connectivity index (χ0v) is 6.95. The van der Waals surface area contributed by atoms with Crippen LogP contribution in [0.3, 0.4) is 0 Å². The summed E-state index contributed by atoms with van der Waals surface area (Å²) in [5, 5.41) is 11.6. The van der Waals surface area contributed by atoms with Crippen LogP contribution in [0.15, 0.2) is 0 Å². The van der Waals surface area contributed by atoms with Crippen molar-refractivity contribution in [1.29, 1.82) is 5.26 Å². The molecule has 1 amide bonds. The Kier molecular flexibility index (Phi) is 1.47. The second-order valence-corrected chi connectivity index (χ2v) is 3.54. The third kappa shape index (κ3) is 0.860. The van der Waals surface area contributed by atoms with Gasteiger partial charge in [-0.1, -0.05) is 0 Å². The van der Waals surface area contributed by atoms with E-state index in [1.807, 2.05) is 0 Å². The highest BCUT2D eigenvalue weighted by Crippen LogP contribution is 2.40. The fraction of sp³-hybridized carbons (Fsp3) is 0.750. The molecule has 0 aromatic carbocycles. The van der Waals surface area contributed by atoms with Crippen LogP contribution in [-0.2, 0) is 4.79 Å². The van der Waals surface area contributed by atoms with Crippen molar-refractivity contribution in [2.24, 2.45) is 5.92 Å². The van der Waals surface area contributed by atoms with Crippen LogP contribution >= 0.6 is 0 Å². The van der Waals surface area contributed by atoms with Crippen molar-refractivity contribution in [3.05, 3.63) is 0 Å². The summed E-state index contributed by atoms with van der Waals surface area (Å²) in [5.41, 5.74) is 0. The SMILES string of the molecule is CC(=O)NC1C2CC1N(C#N)C2. The Morgan fingerprint density at radius 3 is 3.00 bits per heavy atom. The zero-order chi connectivity index (χ0) is 8.72. The summed E-state index contributed by atoms with van der Waals surface area (Å²) < 4.78 is 0. The minimum atomic E-state index is 0.00879. The van der Waals surface area contributed by atoms with Crippen molar-refractivity contribution in [2.45, 2.75) is 25.4 Å². The van der Waals surface area contributed by atoms with E-state index in [0.717, 1.165) is 13.0 Å². The summed E-state index contributed by atoms with van der Waals surface area (Å²) in [6, 6.07) is 0.519. The number of nitrogens with one attached hydrogen (secondary N) is 1. The van der Waals surface area contributed by atoms with Gasteiger partial charge in [0.2, 0.25) is 5.91 Å². The lowest BCUT2D eigenvalue weighted by Crippen LogP contribution is -2.53. The molecule has 2 heterocycles. The van der Waals surface area contributed by atoms with Gasteiger partial charge in [-0.2, -0.15) is 5.26 Å². The zero-order valence-electron chi connectivity index (χ0n) is 6.95. The summed E-state index contributed by atoms with van der Waals surface area (Å²) >= 11 is 0. The van der Waals surface area contributed by atoms with Crippen molar-refractivity contribution in [3.8, 4) is 6.19 Å². The van der Waals surface area contributed by atoms with E-state index in [9.17, 15) is 4.79 Å². The fourth-order valence-corrected chi connectivity index (χ4v) is 2.18. The Bertz CT molecular complexity index is 258. The molecule has 12 heavy (non-hydrogen) atoms. The Labute approximate surface area is 71.1 Å². The largest absolute Gasteiger partial charge is 0.351 e. The van der Waals surface area contributed by atoms with E-state index in [2.05, 4.69) is 11.5 Å².